The molecule has 5 aliphatic rings. The first-order valence-electron chi connectivity index (χ1n) is 32.6. The van der Waals surface area contributed by atoms with Crippen LogP contribution in [-0.2, 0) is 14.3 Å². The van der Waals surface area contributed by atoms with Crippen LogP contribution in [0.5, 0.6) is 0 Å². The minimum atomic E-state index is -0.250. The molecule has 75 heavy (non-hydrogen) atoms. The number of rotatable bonds is 52. The van der Waals surface area contributed by atoms with Crippen LogP contribution < -0.4 is 0 Å². The fourth-order valence-corrected chi connectivity index (χ4v) is 18.5. The largest absolute Gasteiger partial charge is 0.483 e. The number of aliphatic hydroxyl groups is 1. The molecule has 0 aliphatic heterocycles. The van der Waals surface area contributed by atoms with E-state index < -0.39 is 0 Å². The van der Waals surface area contributed by atoms with E-state index in [4.69, 9.17) is 14.6 Å². The molecule has 6 nitrogen and oxygen atoms in total. The molecule has 0 spiro atoms. The van der Waals surface area contributed by atoms with Gasteiger partial charge in [0.2, 0.25) is 0 Å². The zero-order valence-corrected chi connectivity index (χ0v) is 53.0. The SMILES string of the molecule is CCC1CC1CC1CC1CCSC(CCC(=O)OCCCCCCN(CCCCO)CCCCCCCCC(SCCC(C)CCCC(C)C)SCCC(C)CCC1CC1)SCCC1CC1CC1CC1CC.O=CO. The van der Waals surface area contributed by atoms with Crippen LogP contribution in [-0.4, -0.2) is 92.6 Å². The van der Waals surface area contributed by atoms with Crippen LogP contribution in [0.3, 0.4) is 0 Å². The highest BCUT2D eigenvalue weighted by Gasteiger charge is 2.45. The standard InChI is InChI=1S/C64H119NO3S4.CH2O2/c1-7-54-44-58(54)48-60-46-56(60)33-42-71-64(72-43-34-57-47-61(57)49-59-45-55(59)8-2)30-29-62(67)68-39-20-14-13-17-36-65(37-18-19-38-66)35-16-12-10-9-11-15-24-63(69-40-31-51(5)23-21-22-50(3)4)70-41-32-52(6)25-26-53-27-28-53;2-1-3/h50-61,63-64,66H,7-49H2,1-6H3;1H,(H,2,3). The summed E-state index contributed by atoms with van der Waals surface area (Å²) in [6, 6.07) is 0. The Morgan fingerprint density at radius 3 is 1.52 bits per heavy atom. The second-order valence-electron chi connectivity index (χ2n) is 25.8. The average Bonchev–Trinajstić information content (AvgIpc) is 4.12. The van der Waals surface area contributed by atoms with Gasteiger partial charge in [0.05, 0.1) is 15.8 Å². The van der Waals surface area contributed by atoms with E-state index in [1.807, 2.05) is 0 Å². The summed E-state index contributed by atoms with van der Waals surface area (Å²) < 4.78 is 7.17. The molecule has 0 saturated heterocycles. The maximum atomic E-state index is 13.0. The molecule has 11 unspecified atom stereocenters. The number of thioether (sulfide) groups is 4. The molecule has 0 heterocycles. The van der Waals surface area contributed by atoms with Gasteiger partial charge in [-0.3, -0.25) is 9.59 Å². The van der Waals surface area contributed by atoms with Crippen LogP contribution in [0.1, 0.15) is 260 Å². The van der Waals surface area contributed by atoms with E-state index in [1.165, 1.54) is 209 Å². The highest BCUT2D eigenvalue weighted by atomic mass is 32.2. The van der Waals surface area contributed by atoms with Gasteiger partial charge in [0.25, 0.3) is 6.47 Å². The predicted molar refractivity (Wildman–Crippen MR) is 333 cm³/mol. The normalized spacial score (nSPS) is 25.1. The summed E-state index contributed by atoms with van der Waals surface area (Å²) in [7, 11) is 0. The lowest BCUT2D eigenvalue weighted by Crippen LogP contribution is -2.27. The molecule has 0 aromatic carbocycles. The Kier molecular flexibility index (Phi) is 38.1. The van der Waals surface area contributed by atoms with Crippen LogP contribution in [0.15, 0.2) is 0 Å². The van der Waals surface area contributed by atoms with Crippen molar-refractivity contribution in [2.24, 2.45) is 71.0 Å². The monoisotopic (exact) mass is 1120 g/mol. The number of aliphatic hydroxyl groups excluding tert-OH is 1. The quantitative estimate of drug-likeness (QED) is 0.0266. The molecule has 0 amide bonds. The number of carboxylic acid groups (broad SMARTS) is 1. The number of hydrogen-bond acceptors (Lipinski definition) is 9. The van der Waals surface area contributed by atoms with E-state index >= 15 is 0 Å². The van der Waals surface area contributed by atoms with Crippen LogP contribution in [0.4, 0.5) is 0 Å². The molecule has 440 valence electrons. The average molecular weight is 1120 g/mol. The van der Waals surface area contributed by atoms with Crippen molar-refractivity contribution in [3.05, 3.63) is 0 Å². The lowest BCUT2D eigenvalue weighted by molar-refractivity contribution is -0.143. The maximum absolute atomic E-state index is 13.0. The number of carbonyl (C=O) groups is 2. The predicted octanol–water partition coefficient (Wildman–Crippen LogP) is 19.0. The number of unbranched alkanes of at least 4 members (excludes halogenated alkanes) is 9. The number of ether oxygens (including phenoxy) is 1. The van der Waals surface area contributed by atoms with Crippen LogP contribution in [0.25, 0.3) is 0 Å². The molecule has 11 atom stereocenters. The Bertz CT molecular complexity index is 1370. The summed E-state index contributed by atoms with van der Waals surface area (Å²) in [6.07, 6.45) is 45.3. The lowest BCUT2D eigenvalue weighted by Gasteiger charge is -2.22. The smallest absolute Gasteiger partial charge is 0.305 e. The van der Waals surface area contributed by atoms with E-state index in [1.54, 1.807) is 0 Å². The van der Waals surface area contributed by atoms with Crippen molar-refractivity contribution in [3.63, 3.8) is 0 Å². The molecule has 0 aromatic rings. The zero-order valence-electron chi connectivity index (χ0n) is 49.8. The van der Waals surface area contributed by atoms with Crippen molar-refractivity contribution in [3.8, 4) is 0 Å². The molecule has 0 aromatic heterocycles. The molecule has 5 rings (SSSR count). The summed E-state index contributed by atoms with van der Waals surface area (Å²) in [4.78, 5) is 24.0. The van der Waals surface area contributed by atoms with Gasteiger partial charge in [-0.25, -0.2) is 0 Å². The van der Waals surface area contributed by atoms with Gasteiger partial charge in [0.15, 0.2) is 0 Å². The second-order valence-corrected chi connectivity index (χ2v) is 31.7. The molecule has 0 radical (unpaired) electrons. The Hall–Kier alpha value is 0.260. The summed E-state index contributed by atoms with van der Waals surface area (Å²) >= 11 is 8.95. The van der Waals surface area contributed by atoms with Gasteiger partial charge in [-0.1, -0.05) is 144 Å². The van der Waals surface area contributed by atoms with Crippen LogP contribution in [0.2, 0.25) is 0 Å². The molecule has 5 fully saturated rings. The summed E-state index contributed by atoms with van der Waals surface area (Å²) in [5, 5.41) is 16.4. The molecule has 5 saturated carbocycles. The topological polar surface area (TPSA) is 87.1 Å². The van der Waals surface area contributed by atoms with E-state index in [-0.39, 0.29) is 12.4 Å². The fraction of sp³-hybridized carbons (Fsp3) is 0.969. The number of esters is 1. The maximum Gasteiger partial charge on any atom is 0.305 e. The minimum absolute atomic E-state index is 0.0330. The van der Waals surface area contributed by atoms with Gasteiger partial charge in [0, 0.05) is 13.0 Å². The van der Waals surface area contributed by atoms with Gasteiger partial charge < -0.3 is 19.8 Å². The van der Waals surface area contributed by atoms with E-state index in [2.05, 4.69) is 93.5 Å². The lowest BCUT2D eigenvalue weighted by atomic mass is 9.98. The Balaban J connectivity index is 0.00000396. The fourth-order valence-electron chi connectivity index (χ4n) is 12.3. The zero-order chi connectivity index (χ0) is 53.9. The van der Waals surface area contributed by atoms with Gasteiger partial charge in [-0.15, -0.1) is 47.0 Å². The molecule has 10 heteroatoms. The van der Waals surface area contributed by atoms with Crippen molar-refractivity contribution in [2.75, 3.05) is 55.9 Å². The van der Waals surface area contributed by atoms with E-state index in [0.29, 0.717) is 24.2 Å². The Morgan fingerprint density at radius 1 is 0.533 bits per heavy atom. The first kappa shape index (κ1) is 67.8. The van der Waals surface area contributed by atoms with E-state index in [9.17, 15) is 9.90 Å². The van der Waals surface area contributed by atoms with Crippen LogP contribution in [0, 0.1) is 71.0 Å². The molecule has 5 aliphatic carbocycles. The summed E-state index contributed by atoms with van der Waals surface area (Å²) in [6.45, 7) is 18.6. The second kappa shape index (κ2) is 42.1. The third-order valence-corrected chi connectivity index (χ3v) is 24.4. The highest BCUT2D eigenvalue weighted by Crippen LogP contribution is 2.55. The van der Waals surface area contributed by atoms with Crippen molar-refractivity contribution in [1.29, 1.82) is 0 Å². The molecule has 0 bridgehead atoms. The van der Waals surface area contributed by atoms with Gasteiger partial charge >= 0.3 is 5.97 Å². The number of hydrogen-bond donors (Lipinski definition) is 2. The third kappa shape index (κ3) is 35.0. The Labute approximate surface area is 481 Å². The van der Waals surface area contributed by atoms with Crippen molar-refractivity contribution in [2.45, 2.75) is 269 Å². The third-order valence-electron chi connectivity index (χ3n) is 18.5. The van der Waals surface area contributed by atoms with Crippen molar-refractivity contribution >= 4 is 59.5 Å². The van der Waals surface area contributed by atoms with Crippen LogP contribution >= 0.6 is 47.0 Å². The molecule has 2 N–H and O–H groups in total. The van der Waals surface area contributed by atoms with Gasteiger partial charge in [-0.2, -0.15) is 0 Å². The minimum Gasteiger partial charge on any atom is -0.483 e. The first-order valence-corrected chi connectivity index (χ1v) is 36.8. The number of carbonyl (C=O) groups excluding carboxylic acids is 1. The summed E-state index contributed by atoms with van der Waals surface area (Å²) in [5.41, 5.74) is 0. The first-order chi connectivity index (χ1) is 36.5. The van der Waals surface area contributed by atoms with Crippen molar-refractivity contribution < 1.29 is 24.5 Å². The van der Waals surface area contributed by atoms with Gasteiger partial charge in [-0.05, 0) is 223 Å². The molecular weight excluding hydrogens is 1000 g/mol. The van der Waals surface area contributed by atoms with E-state index in [0.717, 1.165) is 121 Å². The highest BCUT2D eigenvalue weighted by molar-refractivity contribution is 8.17. The molecular formula is C65H121NO5S4. The van der Waals surface area contributed by atoms with Gasteiger partial charge in [0.1, 0.15) is 0 Å². The summed E-state index contributed by atoms with van der Waals surface area (Å²) in [5.74, 6) is 17.2. The Morgan fingerprint density at radius 2 is 1.00 bits per heavy atom. The van der Waals surface area contributed by atoms with Crippen molar-refractivity contribution in [1.82, 2.24) is 4.90 Å². The number of nitrogens with zero attached hydrogens (tertiary/aromatic N) is 1.